The van der Waals surface area contributed by atoms with Gasteiger partial charge in [-0.25, -0.2) is 4.98 Å². The summed E-state index contributed by atoms with van der Waals surface area (Å²) in [6.45, 7) is 0.662. The van der Waals surface area contributed by atoms with E-state index in [0.29, 0.717) is 6.54 Å². The molecule has 0 unspecified atom stereocenters. The van der Waals surface area contributed by atoms with Crippen LogP contribution in [0.5, 0.6) is 0 Å². The molecule has 0 spiro atoms. The number of nitrogens with two attached hydrogens (primary N) is 1. The van der Waals surface area contributed by atoms with E-state index in [9.17, 15) is 0 Å². The molecule has 2 aromatic rings. The second kappa shape index (κ2) is 5.71. The molecule has 0 radical (unpaired) electrons. The average molecular weight is 312 g/mol. The number of benzene rings is 1. The fourth-order valence-corrected chi connectivity index (χ4v) is 3.05. The number of hydrogen-bond acceptors (Lipinski definition) is 3. The SMILES string of the molecule is Cn1ccnc1Sc1cc(Br)ccc1CCN. The molecule has 0 aliphatic heterocycles. The minimum Gasteiger partial charge on any atom is -0.330 e. The van der Waals surface area contributed by atoms with E-state index in [1.54, 1.807) is 11.8 Å². The molecule has 0 bridgehead atoms. The number of aryl methyl sites for hydroxylation is 1. The molecule has 3 nitrogen and oxygen atoms in total. The third-order valence-electron chi connectivity index (χ3n) is 2.42. The molecule has 0 aliphatic carbocycles. The first-order valence-corrected chi connectivity index (χ1v) is 6.95. The fourth-order valence-electron chi connectivity index (χ4n) is 1.53. The zero-order chi connectivity index (χ0) is 12.3. The average Bonchev–Trinajstić information content (AvgIpc) is 2.69. The van der Waals surface area contributed by atoms with Crippen molar-refractivity contribution in [2.75, 3.05) is 6.54 Å². The zero-order valence-electron chi connectivity index (χ0n) is 9.56. The van der Waals surface area contributed by atoms with Gasteiger partial charge in [0.2, 0.25) is 0 Å². The Balaban J connectivity index is 2.30. The number of imidazole rings is 1. The number of nitrogens with zero attached hydrogens (tertiary/aromatic N) is 2. The lowest BCUT2D eigenvalue weighted by atomic mass is 10.1. The second-order valence-electron chi connectivity index (χ2n) is 3.71. The predicted octanol–water partition coefficient (Wildman–Crippen LogP) is 2.83. The Hall–Kier alpha value is -0.780. The lowest BCUT2D eigenvalue weighted by Gasteiger charge is -2.08. The lowest BCUT2D eigenvalue weighted by molar-refractivity contribution is 0.789. The van der Waals surface area contributed by atoms with E-state index in [-0.39, 0.29) is 0 Å². The molecule has 0 saturated heterocycles. The summed E-state index contributed by atoms with van der Waals surface area (Å²) < 4.78 is 3.09. The van der Waals surface area contributed by atoms with Crippen LogP contribution in [0.4, 0.5) is 0 Å². The van der Waals surface area contributed by atoms with Gasteiger partial charge in [0, 0.05) is 28.8 Å². The van der Waals surface area contributed by atoms with Gasteiger partial charge in [-0.1, -0.05) is 33.8 Å². The summed E-state index contributed by atoms with van der Waals surface area (Å²) in [4.78, 5) is 5.53. The molecule has 90 valence electrons. The van der Waals surface area contributed by atoms with Crippen LogP contribution >= 0.6 is 27.7 Å². The van der Waals surface area contributed by atoms with Gasteiger partial charge in [0.1, 0.15) is 0 Å². The molecule has 17 heavy (non-hydrogen) atoms. The Morgan fingerprint density at radius 1 is 1.47 bits per heavy atom. The van der Waals surface area contributed by atoms with E-state index in [4.69, 9.17) is 5.73 Å². The molecule has 2 N–H and O–H groups in total. The third kappa shape index (κ3) is 3.12. The summed E-state index contributed by atoms with van der Waals surface area (Å²) in [5.74, 6) is 0. The molecule has 0 aliphatic rings. The van der Waals surface area contributed by atoms with Crippen LogP contribution in [0.15, 0.2) is 45.1 Å². The molecule has 0 saturated carbocycles. The second-order valence-corrected chi connectivity index (χ2v) is 5.64. The van der Waals surface area contributed by atoms with Crippen molar-refractivity contribution in [1.82, 2.24) is 9.55 Å². The Kier molecular flexibility index (Phi) is 4.25. The number of rotatable bonds is 4. The summed E-state index contributed by atoms with van der Waals surface area (Å²) in [6.07, 6.45) is 4.64. The van der Waals surface area contributed by atoms with E-state index in [1.807, 2.05) is 30.1 Å². The monoisotopic (exact) mass is 311 g/mol. The maximum absolute atomic E-state index is 5.63. The van der Waals surface area contributed by atoms with Crippen LogP contribution in [0.3, 0.4) is 0 Å². The maximum Gasteiger partial charge on any atom is 0.172 e. The van der Waals surface area contributed by atoms with Crippen molar-refractivity contribution in [2.24, 2.45) is 12.8 Å². The Labute approximate surface area is 114 Å². The molecular formula is C12H14BrN3S. The van der Waals surface area contributed by atoms with Crippen molar-refractivity contribution in [2.45, 2.75) is 16.5 Å². The minimum absolute atomic E-state index is 0.662. The summed E-state index contributed by atoms with van der Waals surface area (Å²) in [5, 5.41) is 0.987. The minimum atomic E-state index is 0.662. The fraction of sp³-hybridized carbons (Fsp3) is 0.250. The molecule has 1 heterocycles. The topological polar surface area (TPSA) is 43.8 Å². The van der Waals surface area contributed by atoms with E-state index in [2.05, 4.69) is 33.0 Å². The highest BCUT2D eigenvalue weighted by molar-refractivity contribution is 9.10. The van der Waals surface area contributed by atoms with Crippen molar-refractivity contribution in [3.05, 3.63) is 40.6 Å². The van der Waals surface area contributed by atoms with Gasteiger partial charge < -0.3 is 10.3 Å². The summed E-state index contributed by atoms with van der Waals surface area (Å²) in [5.41, 5.74) is 6.90. The van der Waals surface area contributed by atoms with Crippen LogP contribution in [-0.4, -0.2) is 16.1 Å². The predicted molar refractivity (Wildman–Crippen MR) is 74.2 cm³/mol. The van der Waals surface area contributed by atoms with Gasteiger partial charge in [-0.05, 0) is 30.7 Å². The lowest BCUT2D eigenvalue weighted by Crippen LogP contribution is -2.04. The van der Waals surface area contributed by atoms with E-state index in [1.165, 1.54) is 10.5 Å². The largest absolute Gasteiger partial charge is 0.330 e. The van der Waals surface area contributed by atoms with Gasteiger partial charge in [0.15, 0.2) is 5.16 Å². The number of hydrogen-bond donors (Lipinski definition) is 1. The summed E-state index contributed by atoms with van der Waals surface area (Å²) >= 11 is 5.17. The highest BCUT2D eigenvalue weighted by atomic mass is 79.9. The Morgan fingerprint density at radius 3 is 2.94 bits per heavy atom. The molecule has 1 aromatic heterocycles. The van der Waals surface area contributed by atoms with Gasteiger partial charge in [-0.3, -0.25) is 0 Å². The quantitative estimate of drug-likeness (QED) is 0.944. The highest BCUT2D eigenvalue weighted by Crippen LogP contribution is 2.31. The normalized spacial score (nSPS) is 10.8. The van der Waals surface area contributed by atoms with Crippen molar-refractivity contribution in [3.63, 3.8) is 0 Å². The molecule has 0 atom stereocenters. The highest BCUT2D eigenvalue weighted by Gasteiger charge is 2.08. The van der Waals surface area contributed by atoms with Crippen LogP contribution in [0.1, 0.15) is 5.56 Å². The standard InChI is InChI=1S/C12H14BrN3S/c1-16-7-6-15-12(16)17-11-8-10(13)3-2-9(11)4-5-14/h2-3,6-8H,4-5,14H2,1H3. The van der Waals surface area contributed by atoms with Crippen LogP contribution in [0, 0.1) is 0 Å². The van der Waals surface area contributed by atoms with Crippen molar-refractivity contribution in [1.29, 1.82) is 0 Å². The van der Waals surface area contributed by atoms with E-state index < -0.39 is 0 Å². The molecule has 1 aromatic carbocycles. The molecule has 2 rings (SSSR count). The first-order chi connectivity index (χ1) is 8.20. The van der Waals surface area contributed by atoms with Crippen molar-refractivity contribution < 1.29 is 0 Å². The molecule has 5 heteroatoms. The van der Waals surface area contributed by atoms with Crippen LogP contribution in [0.25, 0.3) is 0 Å². The van der Waals surface area contributed by atoms with Crippen LogP contribution in [-0.2, 0) is 13.5 Å². The molecule has 0 fully saturated rings. The Bertz CT molecular complexity index is 510. The summed E-state index contributed by atoms with van der Waals surface area (Å²) in [6, 6.07) is 6.28. The van der Waals surface area contributed by atoms with Crippen LogP contribution < -0.4 is 5.73 Å². The third-order valence-corrected chi connectivity index (χ3v) is 4.09. The zero-order valence-corrected chi connectivity index (χ0v) is 12.0. The number of aromatic nitrogens is 2. The van der Waals surface area contributed by atoms with Crippen LogP contribution in [0.2, 0.25) is 0 Å². The van der Waals surface area contributed by atoms with E-state index in [0.717, 1.165) is 16.0 Å². The molecular weight excluding hydrogens is 298 g/mol. The van der Waals surface area contributed by atoms with Gasteiger partial charge >= 0.3 is 0 Å². The smallest absolute Gasteiger partial charge is 0.172 e. The Morgan fingerprint density at radius 2 is 2.29 bits per heavy atom. The van der Waals surface area contributed by atoms with Gasteiger partial charge in [0.05, 0.1) is 0 Å². The number of halogens is 1. The van der Waals surface area contributed by atoms with Gasteiger partial charge in [0.25, 0.3) is 0 Å². The van der Waals surface area contributed by atoms with E-state index >= 15 is 0 Å². The first kappa shape index (κ1) is 12.7. The van der Waals surface area contributed by atoms with Gasteiger partial charge in [-0.15, -0.1) is 0 Å². The summed E-state index contributed by atoms with van der Waals surface area (Å²) in [7, 11) is 2.00. The first-order valence-electron chi connectivity index (χ1n) is 5.34. The maximum atomic E-state index is 5.63. The van der Waals surface area contributed by atoms with Gasteiger partial charge in [-0.2, -0.15) is 0 Å². The van der Waals surface area contributed by atoms with Crippen molar-refractivity contribution in [3.8, 4) is 0 Å². The molecule has 0 amide bonds. The van der Waals surface area contributed by atoms with Crippen molar-refractivity contribution >= 4 is 27.7 Å².